The van der Waals surface area contributed by atoms with Gasteiger partial charge in [0.15, 0.2) is 5.82 Å². The van der Waals surface area contributed by atoms with Crippen LogP contribution >= 0.6 is 15.9 Å². The topological polar surface area (TPSA) is 73.2 Å². The molecule has 0 saturated heterocycles. The molecule has 1 heterocycles. The molecule has 6 nitrogen and oxygen atoms in total. The number of aromatic nitrogens is 2. The van der Waals surface area contributed by atoms with E-state index in [1.807, 2.05) is 32.9 Å². The summed E-state index contributed by atoms with van der Waals surface area (Å²) in [6.07, 6.45) is 0. The number of halogens is 1. The first-order valence-electron chi connectivity index (χ1n) is 7.06. The Morgan fingerprint density at radius 3 is 2.39 bits per heavy atom. The van der Waals surface area contributed by atoms with Gasteiger partial charge in [-0.1, -0.05) is 6.07 Å². The number of aryl methyl sites for hydroxylation is 3. The highest BCUT2D eigenvalue weighted by Crippen LogP contribution is 2.30. The van der Waals surface area contributed by atoms with E-state index in [0.717, 1.165) is 16.8 Å². The van der Waals surface area contributed by atoms with Gasteiger partial charge in [-0.2, -0.15) is 5.10 Å². The summed E-state index contributed by atoms with van der Waals surface area (Å²) in [5.74, 6) is 0.274. The van der Waals surface area contributed by atoms with Crippen molar-refractivity contribution >= 4 is 31.8 Å². The van der Waals surface area contributed by atoms with Crippen LogP contribution in [0.4, 0.5) is 5.82 Å². The lowest BCUT2D eigenvalue weighted by Gasteiger charge is -2.12. The van der Waals surface area contributed by atoms with Crippen LogP contribution in [-0.2, 0) is 14.8 Å². The number of hydrogen-bond acceptors (Lipinski definition) is 4. The van der Waals surface area contributed by atoms with Gasteiger partial charge in [0.05, 0.1) is 28.2 Å². The van der Waals surface area contributed by atoms with E-state index in [1.165, 1.54) is 7.11 Å². The van der Waals surface area contributed by atoms with Gasteiger partial charge in [0.1, 0.15) is 0 Å². The van der Waals surface area contributed by atoms with Crippen LogP contribution in [0.3, 0.4) is 0 Å². The van der Waals surface area contributed by atoms with E-state index in [1.54, 1.807) is 4.68 Å². The van der Waals surface area contributed by atoms with Crippen molar-refractivity contribution < 1.29 is 13.2 Å². The fraction of sp³-hybridized carbons (Fsp3) is 0.400. The largest absolute Gasteiger partial charge is 0.384 e. The van der Waals surface area contributed by atoms with Crippen molar-refractivity contribution in [2.24, 2.45) is 0 Å². The molecule has 0 spiro atoms. The van der Waals surface area contributed by atoms with Gasteiger partial charge in [-0.05, 0) is 60.0 Å². The summed E-state index contributed by atoms with van der Waals surface area (Å²) in [6, 6.07) is 5.97. The molecule has 0 radical (unpaired) electrons. The van der Waals surface area contributed by atoms with Crippen molar-refractivity contribution in [3.05, 3.63) is 39.5 Å². The number of nitrogens with one attached hydrogen (secondary N) is 1. The SMILES string of the molecule is COCCS(=O)(=O)Nc1c(Br)c(C)nn1-c1cc(C)cc(C)c1. The normalized spacial score (nSPS) is 11.7. The van der Waals surface area contributed by atoms with Crippen LogP contribution < -0.4 is 4.72 Å². The predicted molar refractivity (Wildman–Crippen MR) is 94.8 cm³/mol. The number of rotatable bonds is 6. The van der Waals surface area contributed by atoms with Crippen LogP contribution in [0.2, 0.25) is 0 Å². The minimum Gasteiger partial charge on any atom is -0.384 e. The maximum atomic E-state index is 12.2. The van der Waals surface area contributed by atoms with E-state index < -0.39 is 10.0 Å². The molecule has 0 bridgehead atoms. The molecular formula is C15H20BrN3O3S. The van der Waals surface area contributed by atoms with Gasteiger partial charge in [0.25, 0.3) is 0 Å². The number of hydrogen-bond donors (Lipinski definition) is 1. The van der Waals surface area contributed by atoms with Gasteiger partial charge in [0.2, 0.25) is 10.0 Å². The summed E-state index contributed by atoms with van der Waals surface area (Å²) in [5.41, 5.74) is 3.67. The highest BCUT2D eigenvalue weighted by atomic mass is 79.9. The minimum absolute atomic E-state index is 0.118. The second-order valence-electron chi connectivity index (χ2n) is 5.42. The average molecular weight is 402 g/mol. The maximum absolute atomic E-state index is 12.2. The number of sulfonamides is 1. The average Bonchev–Trinajstić information content (AvgIpc) is 2.72. The van der Waals surface area contributed by atoms with E-state index in [9.17, 15) is 8.42 Å². The van der Waals surface area contributed by atoms with E-state index in [4.69, 9.17) is 4.74 Å². The van der Waals surface area contributed by atoms with Gasteiger partial charge >= 0.3 is 0 Å². The fourth-order valence-corrected chi connectivity index (χ4v) is 3.70. The summed E-state index contributed by atoms with van der Waals surface area (Å²) < 4.78 is 34.0. The number of methoxy groups -OCH3 is 1. The zero-order valence-electron chi connectivity index (χ0n) is 13.6. The first-order chi connectivity index (χ1) is 10.7. The molecule has 1 N–H and O–H groups in total. The Morgan fingerprint density at radius 2 is 1.83 bits per heavy atom. The lowest BCUT2D eigenvalue weighted by atomic mass is 10.1. The van der Waals surface area contributed by atoms with Gasteiger partial charge < -0.3 is 4.74 Å². The summed E-state index contributed by atoms with van der Waals surface area (Å²) in [7, 11) is -2.05. The molecule has 1 aromatic carbocycles. The number of nitrogens with zero attached hydrogens (tertiary/aromatic N) is 2. The molecule has 0 saturated carbocycles. The number of benzene rings is 1. The molecule has 0 unspecified atom stereocenters. The molecule has 0 aliphatic rings. The Kier molecular flexibility index (Phi) is 5.49. The molecule has 0 atom stereocenters. The zero-order chi connectivity index (χ0) is 17.2. The van der Waals surface area contributed by atoms with Crippen molar-refractivity contribution in [1.29, 1.82) is 0 Å². The highest BCUT2D eigenvalue weighted by molar-refractivity contribution is 9.10. The molecule has 1 aromatic heterocycles. The first-order valence-corrected chi connectivity index (χ1v) is 9.51. The second-order valence-corrected chi connectivity index (χ2v) is 8.05. The summed E-state index contributed by atoms with van der Waals surface area (Å²) in [5, 5.41) is 4.44. The van der Waals surface area contributed by atoms with Crippen LogP contribution in [0.5, 0.6) is 0 Å². The van der Waals surface area contributed by atoms with Crippen molar-refractivity contribution in [3.8, 4) is 5.69 Å². The highest BCUT2D eigenvalue weighted by Gasteiger charge is 2.20. The second kappa shape index (κ2) is 7.02. The Balaban J connectivity index is 2.48. The Labute approximate surface area is 145 Å². The molecule has 2 aromatic rings. The fourth-order valence-electron chi connectivity index (χ4n) is 2.25. The third-order valence-corrected chi connectivity index (χ3v) is 5.40. The Morgan fingerprint density at radius 1 is 1.22 bits per heavy atom. The third kappa shape index (κ3) is 4.33. The number of anilines is 1. The van der Waals surface area contributed by atoms with Crippen LogP contribution in [0.1, 0.15) is 16.8 Å². The Hall–Kier alpha value is -1.38. The summed E-state index contributed by atoms with van der Waals surface area (Å²) >= 11 is 3.41. The molecular weight excluding hydrogens is 382 g/mol. The smallest absolute Gasteiger partial charge is 0.236 e. The predicted octanol–water partition coefficient (Wildman–Crippen LogP) is 2.95. The summed E-state index contributed by atoms with van der Waals surface area (Å²) in [6.45, 7) is 5.93. The standard InChI is InChI=1S/C15H20BrN3O3S/c1-10-7-11(2)9-13(8-10)19-15(14(16)12(3)17-19)18-23(20,21)6-5-22-4/h7-9,18H,5-6H2,1-4H3. The van der Waals surface area contributed by atoms with Crippen LogP contribution in [-0.4, -0.2) is 37.7 Å². The zero-order valence-corrected chi connectivity index (χ0v) is 16.0. The maximum Gasteiger partial charge on any atom is 0.236 e. The quantitative estimate of drug-likeness (QED) is 0.807. The minimum atomic E-state index is -3.52. The molecule has 8 heteroatoms. The van der Waals surface area contributed by atoms with E-state index >= 15 is 0 Å². The molecule has 23 heavy (non-hydrogen) atoms. The van der Waals surface area contributed by atoms with Crippen molar-refractivity contribution in [3.63, 3.8) is 0 Å². The van der Waals surface area contributed by atoms with Gasteiger partial charge in [-0.15, -0.1) is 0 Å². The molecule has 0 amide bonds. The lowest BCUT2D eigenvalue weighted by Crippen LogP contribution is -2.21. The van der Waals surface area contributed by atoms with Crippen LogP contribution in [0.15, 0.2) is 22.7 Å². The molecule has 0 aliphatic carbocycles. The third-order valence-electron chi connectivity index (χ3n) is 3.25. The van der Waals surface area contributed by atoms with Gasteiger partial charge in [-0.25, -0.2) is 13.1 Å². The van der Waals surface area contributed by atoms with Gasteiger partial charge in [0, 0.05) is 7.11 Å². The molecule has 0 fully saturated rings. The van der Waals surface area contributed by atoms with Crippen LogP contribution in [0, 0.1) is 20.8 Å². The van der Waals surface area contributed by atoms with Crippen LogP contribution in [0.25, 0.3) is 5.69 Å². The van der Waals surface area contributed by atoms with Crippen molar-refractivity contribution in [1.82, 2.24) is 9.78 Å². The van der Waals surface area contributed by atoms with Crippen molar-refractivity contribution in [2.75, 3.05) is 24.2 Å². The lowest BCUT2D eigenvalue weighted by molar-refractivity contribution is 0.217. The van der Waals surface area contributed by atoms with E-state index in [-0.39, 0.29) is 12.4 Å². The van der Waals surface area contributed by atoms with E-state index in [0.29, 0.717) is 16.0 Å². The van der Waals surface area contributed by atoms with E-state index in [2.05, 4.69) is 31.8 Å². The van der Waals surface area contributed by atoms with Gasteiger partial charge in [-0.3, -0.25) is 4.72 Å². The number of ether oxygens (including phenoxy) is 1. The first kappa shape index (κ1) is 18.0. The monoisotopic (exact) mass is 401 g/mol. The molecule has 0 aliphatic heterocycles. The molecule has 126 valence electrons. The summed E-state index contributed by atoms with van der Waals surface area (Å²) in [4.78, 5) is 0. The molecule has 2 rings (SSSR count). The van der Waals surface area contributed by atoms with Crippen molar-refractivity contribution in [2.45, 2.75) is 20.8 Å². The Bertz CT molecular complexity index is 795.